The number of nitrogens with zero attached hydrogens (tertiary/aromatic N) is 3. The second-order valence-electron chi connectivity index (χ2n) is 7.29. The van der Waals surface area contributed by atoms with Crippen molar-refractivity contribution in [2.75, 3.05) is 46.3 Å². The molecule has 2 heterocycles. The van der Waals surface area contributed by atoms with Crippen LogP contribution in [-0.2, 0) is 10.0 Å². The van der Waals surface area contributed by atoms with Gasteiger partial charge in [-0.05, 0) is 57.1 Å². The van der Waals surface area contributed by atoms with Gasteiger partial charge in [-0.1, -0.05) is 12.8 Å². The molecule has 2 fully saturated rings. The number of rotatable bonds is 3. The predicted octanol–water partition coefficient (Wildman–Crippen LogP) is 2.03. The van der Waals surface area contributed by atoms with Crippen LogP contribution in [0.2, 0.25) is 0 Å². The Labute approximate surface area is 156 Å². The molecule has 2 aliphatic heterocycles. The second kappa shape index (κ2) is 8.50. The van der Waals surface area contributed by atoms with Crippen LogP contribution in [0.15, 0.2) is 29.2 Å². The van der Waals surface area contributed by atoms with Gasteiger partial charge in [-0.3, -0.25) is 4.79 Å². The zero-order chi connectivity index (χ0) is 18.6. The third kappa shape index (κ3) is 4.45. The van der Waals surface area contributed by atoms with Crippen LogP contribution in [0.5, 0.6) is 0 Å². The molecule has 1 amide bonds. The van der Waals surface area contributed by atoms with Crippen molar-refractivity contribution >= 4 is 15.9 Å². The first-order valence-corrected chi connectivity index (χ1v) is 11.0. The first kappa shape index (κ1) is 19.3. The molecule has 0 bridgehead atoms. The van der Waals surface area contributed by atoms with E-state index in [-0.39, 0.29) is 10.8 Å². The lowest BCUT2D eigenvalue weighted by molar-refractivity contribution is 0.0762. The molecule has 0 aromatic heterocycles. The molecule has 2 aliphatic rings. The molecule has 1 aromatic carbocycles. The highest BCUT2D eigenvalue weighted by atomic mass is 32.2. The summed E-state index contributed by atoms with van der Waals surface area (Å²) >= 11 is 0. The first-order chi connectivity index (χ1) is 12.5. The maximum atomic E-state index is 12.8. The minimum atomic E-state index is -3.46. The number of amides is 1. The fourth-order valence-corrected chi connectivity index (χ4v) is 5.15. The number of likely N-dealkylation sites (N-methyl/N-ethyl adjacent to an activating group) is 1. The van der Waals surface area contributed by atoms with Crippen molar-refractivity contribution in [2.45, 2.75) is 37.0 Å². The van der Waals surface area contributed by atoms with E-state index >= 15 is 0 Å². The molecular formula is C19H29N3O3S. The Balaban J connectivity index is 1.72. The number of hydrogen-bond acceptors (Lipinski definition) is 4. The molecule has 0 spiro atoms. The summed E-state index contributed by atoms with van der Waals surface area (Å²) in [6, 6.07) is 6.47. The third-order valence-electron chi connectivity index (χ3n) is 5.31. The van der Waals surface area contributed by atoms with Gasteiger partial charge >= 0.3 is 0 Å². The Kier molecular flexibility index (Phi) is 6.32. The van der Waals surface area contributed by atoms with Crippen LogP contribution in [0.25, 0.3) is 0 Å². The number of sulfonamides is 1. The largest absolute Gasteiger partial charge is 0.337 e. The van der Waals surface area contributed by atoms with E-state index in [0.717, 1.165) is 51.7 Å². The molecule has 3 rings (SSSR count). The van der Waals surface area contributed by atoms with Crippen LogP contribution in [-0.4, -0.2) is 74.7 Å². The molecule has 26 heavy (non-hydrogen) atoms. The van der Waals surface area contributed by atoms with E-state index in [1.54, 1.807) is 28.6 Å². The van der Waals surface area contributed by atoms with Crippen molar-refractivity contribution in [1.29, 1.82) is 0 Å². The lowest BCUT2D eigenvalue weighted by Gasteiger charge is -2.22. The number of benzene rings is 1. The average Bonchev–Trinajstić information content (AvgIpc) is 3.04. The van der Waals surface area contributed by atoms with Crippen LogP contribution >= 0.6 is 0 Å². The van der Waals surface area contributed by atoms with Crippen molar-refractivity contribution < 1.29 is 13.2 Å². The Morgan fingerprint density at radius 2 is 1.46 bits per heavy atom. The predicted molar refractivity (Wildman–Crippen MR) is 102 cm³/mol. The van der Waals surface area contributed by atoms with E-state index in [1.807, 2.05) is 4.90 Å². The summed E-state index contributed by atoms with van der Waals surface area (Å²) in [6.07, 6.45) is 4.97. The van der Waals surface area contributed by atoms with E-state index in [1.165, 1.54) is 0 Å². The summed E-state index contributed by atoms with van der Waals surface area (Å²) in [5, 5.41) is 0. The fourth-order valence-electron chi connectivity index (χ4n) is 3.63. The minimum absolute atomic E-state index is 0.0148. The molecule has 0 radical (unpaired) electrons. The van der Waals surface area contributed by atoms with E-state index in [4.69, 9.17) is 0 Å². The Hall–Kier alpha value is -1.44. The molecule has 0 aliphatic carbocycles. The van der Waals surface area contributed by atoms with Gasteiger partial charge in [0.15, 0.2) is 0 Å². The summed E-state index contributed by atoms with van der Waals surface area (Å²) in [5.74, 6) is -0.0148. The van der Waals surface area contributed by atoms with Crippen molar-refractivity contribution in [1.82, 2.24) is 14.1 Å². The number of hydrogen-bond donors (Lipinski definition) is 0. The molecule has 0 saturated carbocycles. The van der Waals surface area contributed by atoms with Gasteiger partial charge in [-0.15, -0.1) is 0 Å². The monoisotopic (exact) mass is 379 g/mol. The Morgan fingerprint density at radius 3 is 2.12 bits per heavy atom. The molecule has 7 heteroatoms. The molecule has 0 N–H and O–H groups in total. The smallest absolute Gasteiger partial charge is 0.253 e. The standard InChI is InChI=1S/C19H29N3O3S/c1-20-11-6-12-21(16-15-20)19(23)17-7-9-18(10-8-17)26(24,25)22-13-4-2-3-5-14-22/h7-10H,2-6,11-16H2,1H3. The fraction of sp³-hybridized carbons (Fsp3) is 0.632. The normalized spacial score (nSPS) is 21.2. The highest BCUT2D eigenvalue weighted by Gasteiger charge is 2.26. The van der Waals surface area contributed by atoms with Crippen LogP contribution in [0.1, 0.15) is 42.5 Å². The second-order valence-corrected chi connectivity index (χ2v) is 9.23. The van der Waals surface area contributed by atoms with E-state index in [0.29, 0.717) is 25.2 Å². The zero-order valence-electron chi connectivity index (χ0n) is 15.6. The van der Waals surface area contributed by atoms with E-state index in [9.17, 15) is 13.2 Å². The maximum Gasteiger partial charge on any atom is 0.253 e. The summed E-state index contributed by atoms with van der Waals surface area (Å²) in [5.41, 5.74) is 0.560. The lowest BCUT2D eigenvalue weighted by atomic mass is 10.2. The highest BCUT2D eigenvalue weighted by molar-refractivity contribution is 7.89. The molecule has 6 nitrogen and oxygen atoms in total. The van der Waals surface area contributed by atoms with Gasteiger partial charge in [0.2, 0.25) is 10.0 Å². The SMILES string of the molecule is CN1CCCN(C(=O)c2ccc(S(=O)(=O)N3CCCCCC3)cc2)CC1. The van der Waals surface area contributed by atoms with E-state index in [2.05, 4.69) is 11.9 Å². The maximum absolute atomic E-state index is 12.8. The third-order valence-corrected chi connectivity index (χ3v) is 7.22. The lowest BCUT2D eigenvalue weighted by Crippen LogP contribution is -2.34. The summed E-state index contributed by atoms with van der Waals surface area (Å²) in [4.78, 5) is 17.1. The molecule has 2 saturated heterocycles. The Bertz CT molecular complexity index is 710. The molecular weight excluding hydrogens is 350 g/mol. The topological polar surface area (TPSA) is 60.9 Å². The first-order valence-electron chi connectivity index (χ1n) is 9.56. The van der Waals surface area contributed by atoms with Gasteiger partial charge in [-0.25, -0.2) is 8.42 Å². The van der Waals surface area contributed by atoms with Gasteiger partial charge in [0.05, 0.1) is 4.90 Å². The van der Waals surface area contributed by atoms with Crippen molar-refractivity contribution in [2.24, 2.45) is 0 Å². The molecule has 0 atom stereocenters. The highest BCUT2D eigenvalue weighted by Crippen LogP contribution is 2.21. The van der Waals surface area contributed by atoms with Gasteiger partial charge in [0, 0.05) is 38.3 Å². The molecule has 0 unspecified atom stereocenters. The van der Waals surface area contributed by atoms with E-state index < -0.39 is 10.0 Å². The van der Waals surface area contributed by atoms with Crippen LogP contribution in [0.3, 0.4) is 0 Å². The van der Waals surface area contributed by atoms with Crippen molar-refractivity contribution in [3.8, 4) is 0 Å². The van der Waals surface area contributed by atoms with Gasteiger partial charge in [-0.2, -0.15) is 4.31 Å². The number of carbonyl (C=O) groups excluding carboxylic acids is 1. The molecule has 144 valence electrons. The summed E-state index contributed by atoms with van der Waals surface area (Å²) in [6.45, 7) is 4.50. The quantitative estimate of drug-likeness (QED) is 0.806. The summed E-state index contributed by atoms with van der Waals surface area (Å²) < 4.78 is 27.2. The zero-order valence-corrected chi connectivity index (χ0v) is 16.4. The van der Waals surface area contributed by atoms with Gasteiger partial charge < -0.3 is 9.80 Å². The minimum Gasteiger partial charge on any atom is -0.337 e. The summed E-state index contributed by atoms with van der Waals surface area (Å²) in [7, 11) is -1.40. The van der Waals surface area contributed by atoms with Crippen LogP contribution in [0.4, 0.5) is 0 Å². The number of carbonyl (C=O) groups is 1. The van der Waals surface area contributed by atoms with Crippen molar-refractivity contribution in [3.05, 3.63) is 29.8 Å². The average molecular weight is 380 g/mol. The van der Waals surface area contributed by atoms with Crippen molar-refractivity contribution in [3.63, 3.8) is 0 Å². The molecule has 1 aromatic rings. The van der Waals surface area contributed by atoms with Gasteiger partial charge in [0.25, 0.3) is 5.91 Å². The van der Waals surface area contributed by atoms with Crippen LogP contribution in [0, 0.1) is 0 Å². The van der Waals surface area contributed by atoms with Crippen LogP contribution < -0.4 is 0 Å². The van der Waals surface area contributed by atoms with Gasteiger partial charge in [0.1, 0.15) is 0 Å². The Morgan fingerprint density at radius 1 is 0.808 bits per heavy atom.